The molecule has 1 aliphatic heterocycles. The van der Waals surface area contributed by atoms with E-state index >= 15 is 0 Å². The van der Waals surface area contributed by atoms with Gasteiger partial charge in [0.25, 0.3) is 0 Å². The minimum absolute atomic E-state index is 0.0145. The lowest BCUT2D eigenvalue weighted by atomic mass is 9.85. The monoisotopic (exact) mass is 286 g/mol. The minimum atomic E-state index is -0.0145. The second kappa shape index (κ2) is 6.18. The molecule has 1 aliphatic carbocycles. The molecule has 3 heteroatoms. The molecule has 0 bridgehead atoms. The summed E-state index contributed by atoms with van der Waals surface area (Å²) in [5, 5.41) is 3.39. The van der Waals surface area contributed by atoms with Crippen LogP contribution in [0.25, 0.3) is 0 Å². The van der Waals surface area contributed by atoms with Crippen LogP contribution in [0.4, 0.5) is 0 Å². The van der Waals surface area contributed by atoms with Gasteiger partial charge in [-0.1, -0.05) is 31.2 Å². The minimum Gasteiger partial charge on any atom is -0.342 e. The highest BCUT2D eigenvalue weighted by atomic mass is 16.2. The maximum atomic E-state index is 12.9. The summed E-state index contributed by atoms with van der Waals surface area (Å²) in [7, 11) is 2.00. The molecule has 1 aromatic rings. The molecule has 3 nitrogen and oxygen atoms in total. The highest BCUT2D eigenvalue weighted by Crippen LogP contribution is 2.30. The number of likely N-dealkylation sites (N-methyl/N-ethyl adjacent to an activating group) is 1. The second-order valence-electron chi connectivity index (χ2n) is 6.75. The molecule has 1 aromatic carbocycles. The predicted molar refractivity (Wildman–Crippen MR) is 85.1 cm³/mol. The molecule has 1 unspecified atom stereocenters. The van der Waals surface area contributed by atoms with Gasteiger partial charge in [0.2, 0.25) is 5.91 Å². The largest absolute Gasteiger partial charge is 0.342 e. The molecule has 1 atom stereocenters. The molecule has 1 N–H and O–H groups in total. The number of carbonyl (C=O) groups excluding carboxylic acids is 1. The summed E-state index contributed by atoms with van der Waals surface area (Å²) in [4.78, 5) is 15.0. The number of benzene rings is 1. The molecule has 0 aromatic heterocycles. The van der Waals surface area contributed by atoms with Crippen molar-refractivity contribution in [3.05, 3.63) is 35.4 Å². The first-order chi connectivity index (χ1) is 10.2. The van der Waals surface area contributed by atoms with Crippen LogP contribution in [0.15, 0.2) is 24.3 Å². The maximum Gasteiger partial charge on any atom is 0.231 e. The summed E-state index contributed by atoms with van der Waals surface area (Å²) in [6.45, 7) is 3.97. The fourth-order valence-electron chi connectivity index (χ4n) is 3.77. The third kappa shape index (κ3) is 2.98. The quantitative estimate of drug-likeness (QED) is 0.906. The summed E-state index contributed by atoms with van der Waals surface area (Å²) in [5.74, 6) is 1.09. The van der Waals surface area contributed by atoms with Gasteiger partial charge in [0.05, 0.1) is 5.92 Å². The van der Waals surface area contributed by atoms with E-state index in [1.807, 2.05) is 18.0 Å². The van der Waals surface area contributed by atoms with Crippen molar-refractivity contribution in [1.29, 1.82) is 0 Å². The molecule has 114 valence electrons. The number of carbonyl (C=O) groups is 1. The van der Waals surface area contributed by atoms with Gasteiger partial charge in [0.1, 0.15) is 0 Å². The number of hydrogen-bond donors (Lipinski definition) is 1. The smallest absolute Gasteiger partial charge is 0.231 e. The number of amides is 1. The Morgan fingerprint density at radius 3 is 2.67 bits per heavy atom. The van der Waals surface area contributed by atoms with Crippen LogP contribution in [0, 0.1) is 5.92 Å². The molecule has 1 amide bonds. The Balaban J connectivity index is 1.73. The molecule has 0 spiro atoms. The van der Waals surface area contributed by atoms with Crippen molar-refractivity contribution in [3.8, 4) is 0 Å². The third-order valence-corrected chi connectivity index (χ3v) is 5.27. The van der Waals surface area contributed by atoms with Crippen LogP contribution < -0.4 is 5.32 Å². The second-order valence-corrected chi connectivity index (χ2v) is 6.75. The van der Waals surface area contributed by atoms with Crippen molar-refractivity contribution in [3.63, 3.8) is 0 Å². The van der Waals surface area contributed by atoms with E-state index in [1.54, 1.807) is 0 Å². The first-order valence-corrected chi connectivity index (χ1v) is 8.22. The van der Waals surface area contributed by atoms with Gasteiger partial charge in [0, 0.05) is 26.2 Å². The Hall–Kier alpha value is -1.35. The van der Waals surface area contributed by atoms with Crippen LogP contribution in [-0.4, -0.2) is 30.4 Å². The average molecular weight is 286 g/mol. The van der Waals surface area contributed by atoms with Gasteiger partial charge < -0.3 is 10.2 Å². The van der Waals surface area contributed by atoms with Crippen LogP contribution in [0.1, 0.15) is 49.7 Å². The average Bonchev–Trinajstić information content (AvgIpc) is 2.53. The highest BCUT2D eigenvalue weighted by Gasteiger charge is 2.32. The van der Waals surface area contributed by atoms with Crippen LogP contribution in [0.2, 0.25) is 0 Å². The standard InChI is InChI=1S/C18H26N2O/c1-13-7-9-15(10-8-13)20(2)18(21)17-12-19-11-14-5-3-4-6-16(14)17/h3-6,13,15,17,19H,7-12H2,1-2H3. The molecule has 1 fully saturated rings. The van der Waals surface area contributed by atoms with E-state index in [2.05, 4.69) is 30.4 Å². The molecule has 1 heterocycles. The van der Waals surface area contributed by atoms with Gasteiger partial charge in [-0.3, -0.25) is 4.79 Å². The number of fused-ring (bicyclic) bond motifs is 1. The fourth-order valence-corrected chi connectivity index (χ4v) is 3.77. The maximum absolute atomic E-state index is 12.9. The first kappa shape index (κ1) is 14.6. The summed E-state index contributed by atoms with van der Waals surface area (Å²) in [5.41, 5.74) is 2.49. The highest BCUT2D eigenvalue weighted by molar-refractivity contribution is 5.84. The number of nitrogens with one attached hydrogen (secondary N) is 1. The van der Waals surface area contributed by atoms with E-state index < -0.39 is 0 Å². The van der Waals surface area contributed by atoms with E-state index in [-0.39, 0.29) is 11.8 Å². The lowest BCUT2D eigenvalue weighted by molar-refractivity contribution is -0.134. The molecular formula is C18H26N2O. The topological polar surface area (TPSA) is 32.3 Å². The lowest BCUT2D eigenvalue weighted by Crippen LogP contribution is -2.45. The Labute approximate surface area is 127 Å². The Morgan fingerprint density at radius 1 is 1.19 bits per heavy atom. The van der Waals surface area contributed by atoms with E-state index in [9.17, 15) is 4.79 Å². The van der Waals surface area contributed by atoms with Gasteiger partial charge in [-0.05, 0) is 42.7 Å². The lowest BCUT2D eigenvalue weighted by Gasteiger charge is -2.37. The van der Waals surface area contributed by atoms with Gasteiger partial charge in [-0.15, -0.1) is 0 Å². The van der Waals surface area contributed by atoms with E-state index in [0.717, 1.165) is 31.8 Å². The van der Waals surface area contributed by atoms with Gasteiger partial charge in [0.15, 0.2) is 0 Å². The van der Waals surface area contributed by atoms with Gasteiger partial charge >= 0.3 is 0 Å². The zero-order valence-corrected chi connectivity index (χ0v) is 13.1. The number of nitrogens with zero attached hydrogens (tertiary/aromatic N) is 1. The van der Waals surface area contributed by atoms with E-state index in [1.165, 1.54) is 24.0 Å². The zero-order valence-electron chi connectivity index (χ0n) is 13.1. The first-order valence-electron chi connectivity index (χ1n) is 8.22. The Bertz CT molecular complexity index is 506. The number of hydrogen-bond acceptors (Lipinski definition) is 2. The molecule has 0 saturated heterocycles. The van der Waals surface area contributed by atoms with Crippen LogP contribution >= 0.6 is 0 Å². The molecule has 3 rings (SSSR count). The van der Waals surface area contributed by atoms with Gasteiger partial charge in [-0.25, -0.2) is 0 Å². The van der Waals surface area contributed by atoms with Crippen molar-refractivity contribution >= 4 is 5.91 Å². The molecule has 2 aliphatic rings. The summed E-state index contributed by atoms with van der Waals surface area (Å²) in [6, 6.07) is 8.79. The van der Waals surface area contributed by atoms with Gasteiger partial charge in [-0.2, -0.15) is 0 Å². The zero-order chi connectivity index (χ0) is 14.8. The van der Waals surface area contributed by atoms with E-state index in [0.29, 0.717) is 6.04 Å². The fraction of sp³-hybridized carbons (Fsp3) is 0.611. The molecule has 0 radical (unpaired) electrons. The van der Waals surface area contributed by atoms with Crippen molar-refractivity contribution in [2.45, 2.75) is 51.1 Å². The molecule has 1 saturated carbocycles. The Kier molecular flexibility index (Phi) is 4.29. The summed E-state index contributed by atoms with van der Waals surface area (Å²) >= 11 is 0. The molecule has 21 heavy (non-hydrogen) atoms. The van der Waals surface area contributed by atoms with Crippen molar-refractivity contribution in [1.82, 2.24) is 10.2 Å². The summed E-state index contributed by atoms with van der Waals surface area (Å²) < 4.78 is 0. The normalized spacial score (nSPS) is 28.8. The van der Waals surface area contributed by atoms with Crippen molar-refractivity contribution < 1.29 is 4.79 Å². The third-order valence-electron chi connectivity index (χ3n) is 5.27. The SMILES string of the molecule is CC1CCC(N(C)C(=O)C2CNCc3ccccc32)CC1. The predicted octanol–water partition coefficient (Wildman–Crippen LogP) is 2.91. The van der Waals surface area contributed by atoms with E-state index in [4.69, 9.17) is 0 Å². The van der Waals surface area contributed by atoms with Crippen LogP contribution in [0.5, 0.6) is 0 Å². The van der Waals surface area contributed by atoms with Crippen LogP contribution in [-0.2, 0) is 11.3 Å². The van der Waals surface area contributed by atoms with Crippen molar-refractivity contribution in [2.75, 3.05) is 13.6 Å². The Morgan fingerprint density at radius 2 is 1.90 bits per heavy atom. The van der Waals surface area contributed by atoms with Crippen LogP contribution in [0.3, 0.4) is 0 Å². The number of rotatable bonds is 2. The van der Waals surface area contributed by atoms with Crippen molar-refractivity contribution in [2.24, 2.45) is 5.92 Å². The summed E-state index contributed by atoms with van der Waals surface area (Å²) in [6.07, 6.45) is 4.82. The molecular weight excluding hydrogens is 260 g/mol.